The summed E-state index contributed by atoms with van der Waals surface area (Å²) in [6.07, 6.45) is 2.53. The number of hydrogen-bond donors (Lipinski definition) is 1. The quantitative estimate of drug-likeness (QED) is 0.407. The summed E-state index contributed by atoms with van der Waals surface area (Å²) in [6, 6.07) is 18.8. The summed E-state index contributed by atoms with van der Waals surface area (Å²) in [5.74, 6) is 1.18. The normalized spacial score (nSPS) is 14.5. The lowest BCUT2D eigenvalue weighted by Crippen LogP contribution is -2.39. The van der Waals surface area contributed by atoms with Crippen molar-refractivity contribution >= 4 is 23.1 Å². The van der Waals surface area contributed by atoms with Gasteiger partial charge in [0.2, 0.25) is 5.91 Å². The number of fused-ring (bicyclic) bond motifs is 1. The van der Waals surface area contributed by atoms with Gasteiger partial charge in [-0.3, -0.25) is 4.79 Å². The molecular formula is C29H33N5O. The van der Waals surface area contributed by atoms with Crippen molar-refractivity contribution in [1.29, 1.82) is 0 Å². The van der Waals surface area contributed by atoms with Gasteiger partial charge in [-0.25, -0.2) is 4.98 Å². The number of amides is 1. The van der Waals surface area contributed by atoms with E-state index in [1.54, 1.807) is 0 Å². The SMILES string of the molecule is CCc1cccc(C)c1NC(=O)C1CCN(c2cc(C)nc3cc(-c4ccc(C)cc4)nn23)CC1. The van der Waals surface area contributed by atoms with Gasteiger partial charge < -0.3 is 10.2 Å². The van der Waals surface area contributed by atoms with Crippen molar-refractivity contribution in [2.24, 2.45) is 5.92 Å². The maximum Gasteiger partial charge on any atom is 0.227 e. The number of aryl methyl sites for hydroxylation is 4. The van der Waals surface area contributed by atoms with Crippen LogP contribution in [0.4, 0.5) is 11.5 Å². The zero-order valence-electron chi connectivity index (χ0n) is 21.0. The lowest BCUT2D eigenvalue weighted by atomic mass is 9.95. The number of hydrogen-bond acceptors (Lipinski definition) is 4. The lowest BCUT2D eigenvalue weighted by Gasteiger charge is -2.33. The Bertz CT molecular complexity index is 1360. The minimum atomic E-state index is 0.00901. The highest BCUT2D eigenvalue weighted by molar-refractivity contribution is 5.94. The fraction of sp³-hybridized carbons (Fsp3) is 0.345. The Morgan fingerprint density at radius 1 is 1.03 bits per heavy atom. The van der Waals surface area contributed by atoms with E-state index in [1.807, 2.05) is 11.4 Å². The molecule has 6 nitrogen and oxygen atoms in total. The molecule has 0 radical (unpaired) electrons. The lowest BCUT2D eigenvalue weighted by molar-refractivity contribution is -0.120. The van der Waals surface area contributed by atoms with Crippen LogP contribution in [0.15, 0.2) is 54.6 Å². The minimum absolute atomic E-state index is 0.00901. The molecule has 2 aromatic carbocycles. The van der Waals surface area contributed by atoms with E-state index in [4.69, 9.17) is 10.1 Å². The van der Waals surface area contributed by atoms with E-state index < -0.39 is 0 Å². The summed E-state index contributed by atoms with van der Waals surface area (Å²) >= 11 is 0. The first-order valence-corrected chi connectivity index (χ1v) is 12.5. The number of carbonyl (C=O) groups is 1. The van der Waals surface area contributed by atoms with Crippen LogP contribution in [-0.2, 0) is 11.2 Å². The number of para-hydroxylation sites is 1. The second-order valence-electron chi connectivity index (χ2n) is 9.63. The Kier molecular flexibility index (Phi) is 6.29. The second-order valence-corrected chi connectivity index (χ2v) is 9.63. The van der Waals surface area contributed by atoms with Crippen LogP contribution in [0.1, 0.15) is 42.1 Å². The molecule has 0 bridgehead atoms. The molecule has 6 heteroatoms. The number of piperidine rings is 1. The Balaban J connectivity index is 1.33. The molecule has 0 atom stereocenters. The molecule has 35 heavy (non-hydrogen) atoms. The number of carbonyl (C=O) groups excluding carboxylic acids is 1. The van der Waals surface area contributed by atoms with Crippen LogP contribution in [0.2, 0.25) is 0 Å². The third kappa shape index (κ3) is 4.65. The molecule has 1 N–H and O–H groups in total. The molecule has 0 saturated carbocycles. The molecule has 1 aliphatic rings. The summed E-state index contributed by atoms with van der Waals surface area (Å²) in [5.41, 5.74) is 8.34. The number of benzene rings is 2. The second kappa shape index (κ2) is 9.53. The van der Waals surface area contributed by atoms with Crippen LogP contribution in [0.3, 0.4) is 0 Å². The van der Waals surface area contributed by atoms with E-state index in [9.17, 15) is 4.79 Å². The smallest absolute Gasteiger partial charge is 0.227 e. The Morgan fingerprint density at radius 2 is 1.77 bits per heavy atom. The summed E-state index contributed by atoms with van der Waals surface area (Å²) in [5, 5.41) is 8.13. The molecule has 4 aromatic rings. The fourth-order valence-electron chi connectivity index (χ4n) is 4.97. The van der Waals surface area contributed by atoms with Gasteiger partial charge in [0.05, 0.1) is 5.69 Å². The molecule has 1 amide bonds. The monoisotopic (exact) mass is 467 g/mol. The molecule has 1 saturated heterocycles. The summed E-state index contributed by atoms with van der Waals surface area (Å²) < 4.78 is 1.95. The third-order valence-electron chi connectivity index (χ3n) is 7.06. The van der Waals surface area contributed by atoms with Crippen LogP contribution in [0.25, 0.3) is 16.9 Å². The van der Waals surface area contributed by atoms with Crippen molar-refractivity contribution in [3.8, 4) is 11.3 Å². The predicted octanol–water partition coefficient (Wildman–Crippen LogP) is 5.74. The average molecular weight is 468 g/mol. The van der Waals surface area contributed by atoms with Crippen LogP contribution in [0.5, 0.6) is 0 Å². The first-order valence-electron chi connectivity index (χ1n) is 12.5. The van der Waals surface area contributed by atoms with Crippen molar-refractivity contribution < 1.29 is 4.79 Å². The maximum absolute atomic E-state index is 13.1. The van der Waals surface area contributed by atoms with Crippen LogP contribution in [0, 0.1) is 26.7 Å². The number of aromatic nitrogens is 3. The molecule has 0 spiro atoms. The molecule has 180 valence electrons. The van der Waals surface area contributed by atoms with E-state index in [1.165, 1.54) is 11.1 Å². The molecule has 1 aliphatic heterocycles. The van der Waals surface area contributed by atoms with Gasteiger partial charge in [0.25, 0.3) is 0 Å². The largest absolute Gasteiger partial charge is 0.356 e. The number of rotatable bonds is 5. The highest BCUT2D eigenvalue weighted by Gasteiger charge is 2.27. The van der Waals surface area contributed by atoms with Gasteiger partial charge in [0.1, 0.15) is 5.82 Å². The third-order valence-corrected chi connectivity index (χ3v) is 7.06. The van der Waals surface area contributed by atoms with Gasteiger partial charge in [-0.05, 0) is 51.2 Å². The summed E-state index contributed by atoms with van der Waals surface area (Å²) in [7, 11) is 0. The van der Waals surface area contributed by atoms with Crippen molar-refractivity contribution in [3.05, 3.63) is 77.0 Å². The molecule has 0 aliphatic carbocycles. The van der Waals surface area contributed by atoms with Crippen molar-refractivity contribution in [2.45, 2.75) is 47.0 Å². The molecule has 3 heterocycles. The van der Waals surface area contributed by atoms with Gasteiger partial charge in [-0.1, -0.05) is 55.0 Å². The number of anilines is 2. The topological polar surface area (TPSA) is 62.5 Å². The van der Waals surface area contributed by atoms with Crippen LogP contribution < -0.4 is 10.2 Å². The Morgan fingerprint density at radius 3 is 2.49 bits per heavy atom. The summed E-state index contributed by atoms with van der Waals surface area (Å²) in [6.45, 7) is 9.92. The zero-order chi connectivity index (χ0) is 24.5. The average Bonchev–Trinajstić information content (AvgIpc) is 3.29. The predicted molar refractivity (Wildman–Crippen MR) is 142 cm³/mol. The van der Waals surface area contributed by atoms with E-state index in [0.29, 0.717) is 0 Å². The molecule has 1 fully saturated rings. The van der Waals surface area contributed by atoms with Crippen molar-refractivity contribution in [2.75, 3.05) is 23.3 Å². The Labute approximate surface area is 207 Å². The van der Waals surface area contributed by atoms with E-state index >= 15 is 0 Å². The molecule has 0 unspecified atom stereocenters. The minimum Gasteiger partial charge on any atom is -0.356 e. The first kappa shape index (κ1) is 23.1. The summed E-state index contributed by atoms with van der Waals surface area (Å²) in [4.78, 5) is 20.2. The maximum atomic E-state index is 13.1. The van der Waals surface area contributed by atoms with Gasteiger partial charge >= 0.3 is 0 Å². The highest BCUT2D eigenvalue weighted by atomic mass is 16.1. The van der Waals surface area contributed by atoms with E-state index in [-0.39, 0.29) is 11.8 Å². The van der Waals surface area contributed by atoms with Crippen LogP contribution in [-0.4, -0.2) is 33.6 Å². The van der Waals surface area contributed by atoms with Gasteiger partial charge in [-0.15, -0.1) is 0 Å². The molecular weight excluding hydrogens is 434 g/mol. The standard InChI is InChI=1S/C29H33N5O/c1-5-22-8-6-7-20(3)28(22)31-29(35)24-13-15-33(16-14-24)27-17-21(4)30-26-18-25(32-34(26)27)23-11-9-19(2)10-12-23/h6-12,17-18,24H,5,13-16H2,1-4H3,(H,31,35). The molecule has 2 aromatic heterocycles. The Hall–Kier alpha value is -3.67. The number of nitrogens with one attached hydrogen (secondary N) is 1. The van der Waals surface area contributed by atoms with Gasteiger partial charge in [0, 0.05) is 48.1 Å². The zero-order valence-corrected chi connectivity index (χ0v) is 21.0. The number of nitrogens with zero attached hydrogens (tertiary/aromatic N) is 4. The van der Waals surface area contributed by atoms with Crippen molar-refractivity contribution in [3.63, 3.8) is 0 Å². The highest BCUT2D eigenvalue weighted by Crippen LogP contribution is 2.29. The van der Waals surface area contributed by atoms with Gasteiger partial charge in [-0.2, -0.15) is 9.61 Å². The first-order chi connectivity index (χ1) is 16.9. The van der Waals surface area contributed by atoms with E-state index in [0.717, 1.165) is 72.0 Å². The molecule has 5 rings (SSSR count). The fourth-order valence-corrected chi connectivity index (χ4v) is 4.97. The van der Waals surface area contributed by atoms with Crippen LogP contribution >= 0.6 is 0 Å². The van der Waals surface area contributed by atoms with Crippen molar-refractivity contribution in [1.82, 2.24) is 14.6 Å². The van der Waals surface area contributed by atoms with E-state index in [2.05, 4.69) is 85.6 Å². The van der Waals surface area contributed by atoms with Gasteiger partial charge in [0.15, 0.2) is 5.65 Å².